The Bertz CT molecular complexity index is 444. The van der Waals surface area contributed by atoms with Crippen molar-refractivity contribution in [3.8, 4) is 5.75 Å². The highest BCUT2D eigenvalue weighted by molar-refractivity contribution is 6.32. The van der Waals surface area contributed by atoms with Gasteiger partial charge >= 0.3 is 0 Å². The van der Waals surface area contributed by atoms with E-state index >= 15 is 0 Å². The second kappa shape index (κ2) is 5.72. The number of benzene rings is 1. The number of nitrogens with one attached hydrogen (secondary N) is 1. The first kappa shape index (κ1) is 14.7. The van der Waals surface area contributed by atoms with E-state index in [9.17, 15) is 0 Å². The van der Waals surface area contributed by atoms with Crippen LogP contribution in [0.2, 0.25) is 5.02 Å². The first-order chi connectivity index (χ1) is 8.94. The molecule has 1 aliphatic carbocycles. The summed E-state index contributed by atoms with van der Waals surface area (Å²) < 4.78 is 6.17. The fraction of sp³-hybridized carbons (Fsp3) is 0.625. The molecule has 1 aliphatic rings. The normalized spacial score (nSPS) is 25.5. The SMILES string of the molecule is CCNC1C(Oc2ccc(C)cc2Cl)CCC1(C)C. The molecule has 3 heteroatoms. The largest absolute Gasteiger partial charge is 0.487 e. The quantitative estimate of drug-likeness (QED) is 0.893. The van der Waals surface area contributed by atoms with E-state index in [1.165, 1.54) is 6.42 Å². The van der Waals surface area contributed by atoms with Crippen LogP contribution in [0.4, 0.5) is 0 Å². The lowest BCUT2D eigenvalue weighted by molar-refractivity contribution is 0.141. The highest BCUT2D eigenvalue weighted by Gasteiger charge is 2.42. The Morgan fingerprint density at radius 3 is 2.79 bits per heavy atom. The molecule has 2 atom stereocenters. The molecule has 1 aromatic rings. The monoisotopic (exact) mass is 281 g/mol. The van der Waals surface area contributed by atoms with Crippen LogP contribution in [-0.4, -0.2) is 18.7 Å². The second-order valence-electron chi connectivity index (χ2n) is 6.15. The summed E-state index contributed by atoms with van der Waals surface area (Å²) in [6.07, 6.45) is 2.46. The van der Waals surface area contributed by atoms with Gasteiger partial charge in [-0.25, -0.2) is 0 Å². The van der Waals surface area contributed by atoms with Crippen LogP contribution in [-0.2, 0) is 0 Å². The number of rotatable bonds is 4. The van der Waals surface area contributed by atoms with Gasteiger partial charge in [-0.1, -0.05) is 38.4 Å². The zero-order chi connectivity index (χ0) is 14.0. The third-order valence-electron chi connectivity index (χ3n) is 4.08. The van der Waals surface area contributed by atoms with Gasteiger partial charge in [0.25, 0.3) is 0 Å². The summed E-state index contributed by atoms with van der Waals surface area (Å²) in [6.45, 7) is 9.76. The van der Waals surface area contributed by atoms with E-state index in [2.05, 4.69) is 26.1 Å². The van der Waals surface area contributed by atoms with Crippen molar-refractivity contribution in [1.29, 1.82) is 0 Å². The lowest BCUT2D eigenvalue weighted by Gasteiger charge is -2.31. The van der Waals surface area contributed by atoms with E-state index in [-0.39, 0.29) is 11.5 Å². The standard InChI is InChI=1S/C16H24ClNO/c1-5-18-15-14(8-9-16(15,3)4)19-13-7-6-11(2)10-12(13)17/h6-7,10,14-15,18H,5,8-9H2,1-4H3. The summed E-state index contributed by atoms with van der Waals surface area (Å²) in [5, 5.41) is 4.28. The van der Waals surface area contributed by atoms with Gasteiger partial charge in [-0.3, -0.25) is 0 Å². The molecular weight excluding hydrogens is 258 g/mol. The number of halogens is 1. The highest BCUT2D eigenvalue weighted by Crippen LogP contribution is 2.40. The lowest BCUT2D eigenvalue weighted by atomic mass is 9.87. The van der Waals surface area contributed by atoms with Crippen LogP contribution in [0.25, 0.3) is 0 Å². The molecule has 2 rings (SSSR count). The predicted octanol–water partition coefficient (Wildman–Crippen LogP) is 4.19. The summed E-state index contributed by atoms with van der Waals surface area (Å²) in [5.41, 5.74) is 1.44. The third-order valence-corrected chi connectivity index (χ3v) is 4.37. The van der Waals surface area contributed by atoms with Crippen molar-refractivity contribution in [1.82, 2.24) is 5.32 Å². The third kappa shape index (κ3) is 3.24. The maximum atomic E-state index is 6.26. The first-order valence-corrected chi connectivity index (χ1v) is 7.48. The molecule has 2 unspecified atom stereocenters. The van der Waals surface area contributed by atoms with Crippen LogP contribution >= 0.6 is 11.6 Å². The molecule has 0 heterocycles. The second-order valence-corrected chi connectivity index (χ2v) is 6.56. The minimum atomic E-state index is 0.204. The van der Waals surface area contributed by atoms with E-state index in [4.69, 9.17) is 16.3 Å². The average molecular weight is 282 g/mol. The zero-order valence-electron chi connectivity index (χ0n) is 12.3. The van der Waals surface area contributed by atoms with E-state index in [1.807, 2.05) is 25.1 Å². The average Bonchev–Trinajstić information content (AvgIpc) is 2.60. The summed E-state index contributed by atoms with van der Waals surface area (Å²) in [7, 11) is 0. The van der Waals surface area contributed by atoms with Gasteiger partial charge < -0.3 is 10.1 Å². The summed E-state index contributed by atoms with van der Waals surface area (Å²) >= 11 is 6.26. The van der Waals surface area contributed by atoms with E-state index < -0.39 is 0 Å². The molecule has 1 N–H and O–H groups in total. The summed E-state index contributed by atoms with van der Waals surface area (Å²) in [5.74, 6) is 0.804. The highest BCUT2D eigenvalue weighted by atomic mass is 35.5. The smallest absolute Gasteiger partial charge is 0.138 e. The Hall–Kier alpha value is -0.730. The van der Waals surface area contributed by atoms with Crippen molar-refractivity contribution in [2.24, 2.45) is 5.41 Å². The summed E-state index contributed by atoms with van der Waals surface area (Å²) in [6, 6.07) is 6.37. The van der Waals surface area contributed by atoms with Gasteiger partial charge in [-0.05, 0) is 49.4 Å². The Kier molecular flexibility index (Phi) is 4.42. The first-order valence-electron chi connectivity index (χ1n) is 7.10. The molecular formula is C16H24ClNO. The van der Waals surface area contributed by atoms with Crippen molar-refractivity contribution in [3.05, 3.63) is 28.8 Å². The number of hydrogen-bond donors (Lipinski definition) is 1. The molecule has 0 radical (unpaired) electrons. The number of ether oxygens (including phenoxy) is 1. The molecule has 0 bridgehead atoms. The molecule has 0 amide bonds. The van der Waals surface area contributed by atoms with Gasteiger partial charge in [0.05, 0.1) is 5.02 Å². The van der Waals surface area contributed by atoms with Gasteiger partial charge in [0, 0.05) is 6.04 Å². The molecule has 19 heavy (non-hydrogen) atoms. The van der Waals surface area contributed by atoms with Crippen molar-refractivity contribution in [2.45, 2.75) is 52.7 Å². The van der Waals surface area contributed by atoms with Gasteiger partial charge in [0.15, 0.2) is 0 Å². The van der Waals surface area contributed by atoms with E-state index in [1.54, 1.807) is 0 Å². The Morgan fingerprint density at radius 1 is 1.42 bits per heavy atom. The molecule has 0 aromatic heterocycles. The van der Waals surface area contributed by atoms with E-state index in [0.29, 0.717) is 11.1 Å². The number of aryl methyl sites for hydroxylation is 1. The van der Waals surface area contributed by atoms with Crippen molar-refractivity contribution in [3.63, 3.8) is 0 Å². The molecule has 1 saturated carbocycles. The van der Waals surface area contributed by atoms with Crippen LogP contribution in [0.3, 0.4) is 0 Å². The Balaban J connectivity index is 2.13. The van der Waals surface area contributed by atoms with Crippen LogP contribution in [0.5, 0.6) is 5.75 Å². The lowest BCUT2D eigenvalue weighted by Crippen LogP contribution is -2.46. The molecule has 0 spiro atoms. The van der Waals surface area contributed by atoms with Crippen molar-refractivity contribution in [2.75, 3.05) is 6.54 Å². The predicted molar refractivity (Wildman–Crippen MR) is 81.1 cm³/mol. The fourth-order valence-corrected chi connectivity index (χ4v) is 3.24. The van der Waals surface area contributed by atoms with Crippen LogP contribution in [0, 0.1) is 12.3 Å². The van der Waals surface area contributed by atoms with Crippen molar-refractivity contribution < 1.29 is 4.74 Å². The van der Waals surface area contributed by atoms with E-state index in [0.717, 1.165) is 24.3 Å². The fourth-order valence-electron chi connectivity index (χ4n) is 2.96. The summed E-state index contributed by atoms with van der Waals surface area (Å²) in [4.78, 5) is 0. The molecule has 1 fully saturated rings. The molecule has 0 saturated heterocycles. The van der Waals surface area contributed by atoms with Gasteiger partial charge in [-0.2, -0.15) is 0 Å². The van der Waals surface area contributed by atoms with Gasteiger partial charge in [0.1, 0.15) is 11.9 Å². The molecule has 2 nitrogen and oxygen atoms in total. The van der Waals surface area contributed by atoms with Gasteiger partial charge in [-0.15, -0.1) is 0 Å². The zero-order valence-corrected chi connectivity index (χ0v) is 13.1. The topological polar surface area (TPSA) is 21.3 Å². The minimum Gasteiger partial charge on any atom is -0.487 e. The number of hydrogen-bond acceptors (Lipinski definition) is 2. The maximum Gasteiger partial charge on any atom is 0.138 e. The molecule has 1 aromatic carbocycles. The Morgan fingerprint density at radius 2 is 2.16 bits per heavy atom. The van der Waals surface area contributed by atoms with Crippen LogP contribution < -0.4 is 10.1 Å². The minimum absolute atomic E-state index is 0.204. The maximum absolute atomic E-state index is 6.26. The molecule has 0 aliphatic heterocycles. The Labute approximate surface area is 121 Å². The van der Waals surface area contributed by atoms with Crippen LogP contribution in [0.1, 0.15) is 39.2 Å². The van der Waals surface area contributed by atoms with Crippen molar-refractivity contribution >= 4 is 11.6 Å². The number of likely N-dealkylation sites (N-methyl/N-ethyl adjacent to an activating group) is 1. The van der Waals surface area contributed by atoms with Gasteiger partial charge in [0.2, 0.25) is 0 Å². The van der Waals surface area contributed by atoms with Crippen LogP contribution in [0.15, 0.2) is 18.2 Å². The molecule has 106 valence electrons.